The van der Waals surface area contributed by atoms with Crippen molar-refractivity contribution < 1.29 is 27.5 Å². The molecule has 2 amide bonds. The van der Waals surface area contributed by atoms with Crippen molar-refractivity contribution in [3.05, 3.63) is 82.8 Å². The number of benzene rings is 3. The summed E-state index contributed by atoms with van der Waals surface area (Å²) < 4.78 is 40.7. The Morgan fingerprint density at radius 1 is 0.976 bits per heavy atom. The van der Waals surface area contributed by atoms with Crippen molar-refractivity contribution in [2.24, 2.45) is 0 Å². The van der Waals surface area contributed by atoms with Gasteiger partial charge in [-0.1, -0.05) is 53.0 Å². The second-order valence-electron chi connectivity index (χ2n) is 10.2. The van der Waals surface area contributed by atoms with Crippen LogP contribution in [-0.4, -0.2) is 58.0 Å². The van der Waals surface area contributed by atoms with Gasteiger partial charge in [-0.3, -0.25) is 13.9 Å². The number of rotatable bonds is 12. The fraction of sp³-hybridized carbons (Fsp3) is 0.355. The minimum absolute atomic E-state index is 0.0208. The van der Waals surface area contributed by atoms with E-state index in [0.717, 1.165) is 40.0 Å². The lowest BCUT2D eigenvalue weighted by Crippen LogP contribution is -2.52. The van der Waals surface area contributed by atoms with Crippen molar-refractivity contribution in [1.82, 2.24) is 10.2 Å². The van der Waals surface area contributed by atoms with Gasteiger partial charge in [0.2, 0.25) is 11.8 Å². The highest BCUT2D eigenvalue weighted by atomic mass is 79.9. The van der Waals surface area contributed by atoms with Crippen molar-refractivity contribution in [2.75, 3.05) is 25.1 Å². The fourth-order valence-corrected chi connectivity index (χ4v) is 6.90. The molecule has 0 unspecified atom stereocenters. The molecule has 3 aromatic rings. The van der Waals surface area contributed by atoms with E-state index in [1.807, 2.05) is 24.3 Å². The zero-order chi connectivity index (χ0) is 30.3. The van der Waals surface area contributed by atoms with Gasteiger partial charge in [-0.25, -0.2) is 8.42 Å². The zero-order valence-electron chi connectivity index (χ0n) is 24.0. The maximum Gasteiger partial charge on any atom is 0.264 e. The average Bonchev–Trinajstić information content (AvgIpc) is 3.51. The van der Waals surface area contributed by atoms with Gasteiger partial charge in [-0.2, -0.15) is 0 Å². The number of nitrogens with zero attached hydrogens (tertiary/aromatic N) is 2. The Morgan fingerprint density at radius 3 is 2.31 bits per heavy atom. The molecule has 1 fully saturated rings. The molecule has 0 aromatic heterocycles. The summed E-state index contributed by atoms with van der Waals surface area (Å²) in [6.45, 7) is 1.23. The number of amides is 2. The second-order valence-corrected chi connectivity index (χ2v) is 13.0. The molecular weight excluding hydrogens is 622 g/mol. The van der Waals surface area contributed by atoms with Crippen molar-refractivity contribution in [1.29, 1.82) is 0 Å². The molecule has 1 atom stereocenters. The van der Waals surface area contributed by atoms with Gasteiger partial charge in [-0.05, 0) is 73.9 Å². The molecule has 0 saturated heterocycles. The van der Waals surface area contributed by atoms with E-state index in [9.17, 15) is 18.0 Å². The SMILES string of the molecule is COc1ccc(S(=O)(=O)N(CC(=O)N(Cc2cccc(Br)c2)[C@H](C)C(=O)NC2CCCC2)c2ccccc2OC)cc1. The first-order chi connectivity index (χ1) is 20.1. The topological polar surface area (TPSA) is 105 Å². The summed E-state index contributed by atoms with van der Waals surface area (Å²) >= 11 is 3.47. The zero-order valence-corrected chi connectivity index (χ0v) is 26.4. The van der Waals surface area contributed by atoms with Crippen LogP contribution in [0.4, 0.5) is 5.69 Å². The predicted molar refractivity (Wildman–Crippen MR) is 165 cm³/mol. The lowest BCUT2D eigenvalue weighted by molar-refractivity contribution is -0.139. The summed E-state index contributed by atoms with van der Waals surface area (Å²) in [7, 11) is -1.31. The van der Waals surface area contributed by atoms with Gasteiger partial charge in [0, 0.05) is 17.1 Å². The van der Waals surface area contributed by atoms with Crippen LogP contribution in [0, 0.1) is 0 Å². The van der Waals surface area contributed by atoms with E-state index in [1.165, 1.54) is 31.3 Å². The molecule has 0 radical (unpaired) electrons. The summed E-state index contributed by atoms with van der Waals surface area (Å²) in [4.78, 5) is 28.9. The van der Waals surface area contributed by atoms with Crippen molar-refractivity contribution in [3.63, 3.8) is 0 Å². The molecule has 0 bridgehead atoms. The third-order valence-corrected chi connectivity index (χ3v) is 9.66. The number of nitrogens with one attached hydrogen (secondary N) is 1. The number of carbonyl (C=O) groups is 2. The molecule has 11 heteroatoms. The molecule has 1 saturated carbocycles. The van der Waals surface area contributed by atoms with Crippen molar-refractivity contribution >= 4 is 43.5 Å². The Morgan fingerprint density at radius 2 is 1.67 bits per heavy atom. The first-order valence-electron chi connectivity index (χ1n) is 13.8. The lowest BCUT2D eigenvalue weighted by Gasteiger charge is -2.33. The molecule has 4 rings (SSSR count). The Kier molecular flexibility index (Phi) is 10.5. The number of sulfonamides is 1. The van der Waals surface area contributed by atoms with Crippen LogP contribution < -0.4 is 19.1 Å². The Bertz CT molecular complexity index is 1490. The monoisotopic (exact) mass is 657 g/mol. The molecule has 0 spiro atoms. The molecule has 1 aliphatic carbocycles. The molecule has 3 aromatic carbocycles. The molecule has 0 aliphatic heterocycles. The Labute approximate surface area is 256 Å². The quantitative estimate of drug-likeness (QED) is 0.289. The summed E-state index contributed by atoms with van der Waals surface area (Å²) in [5.74, 6) is -0.0248. The number of para-hydroxylation sites is 2. The molecule has 1 aliphatic rings. The fourth-order valence-electron chi connectivity index (χ4n) is 5.03. The van der Waals surface area contributed by atoms with E-state index < -0.39 is 28.5 Å². The highest BCUT2D eigenvalue weighted by Crippen LogP contribution is 2.33. The highest BCUT2D eigenvalue weighted by molar-refractivity contribution is 9.10. The van der Waals surface area contributed by atoms with E-state index in [2.05, 4.69) is 21.2 Å². The van der Waals surface area contributed by atoms with Crippen LogP contribution >= 0.6 is 15.9 Å². The molecule has 1 N–H and O–H groups in total. The van der Waals surface area contributed by atoms with Gasteiger partial charge in [0.1, 0.15) is 24.1 Å². The van der Waals surface area contributed by atoms with Crippen LogP contribution in [-0.2, 0) is 26.2 Å². The summed E-state index contributed by atoms with van der Waals surface area (Å²) in [6.07, 6.45) is 3.91. The van der Waals surface area contributed by atoms with Crippen molar-refractivity contribution in [2.45, 2.75) is 56.1 Å². The van der Waals surface area contributed by atoms with Gasteiger partial charge in [0.05, 0.1) is 24.8 Å². The number of methoxy groups -OCH3 is 2. The van der Waals surface area contributed by atoms with E-state index in [-0.39, 0.29) is 34.8 Å². The number of carbonyl (C=O) groups excluding carboxylic acids is 2. The first kappa shape index (κ1) is 31.4. The third kappa shape index (κ3) is 7.43. The predicted octanol–water partition coefficient (Wildman–Crippen LogP) is 5.14. The van der Waals surface area contributed by atoms with Gasteiger partial charge >= 0.3 is 0 Å². The molecular formula is C31H36BrN3O6S. The minimum Gasteiger partial charge on any atom is -0.497 e. The maximum absolute atomic E-state index is 14.1. The van der Waals surface area contributed by atoms with E-state index >= 15 is 0 Å². The highest BCUT2D eigenvalue weighted by Gasteiger charge is 2.34. The summed E-state index contributed by atoms with van der Waals surface area (Å²) in [5, 5.41) is 3.08. The van der Waals surface area contributed by atoms with Gasteiger partial charge in [0.25, 0.3) is 10.0 Å². The number of hydrogen-bond donors (Lipinski definition) is 1. The maximum atomic E-state index is 14.1. The van der Waals surface area contributed by atoms with Gasteiger partial charge < -0.3 is 19.7 Å². The van der Waals surface area contributed by atoms with Crippen LogP contribution in [0.5, 0.6) is 11.5 Å². The number of hydrogen-bond acceptors (Lipinski definition) is 6. The van der Waals surface area contributed by atoms with Crippen LogP contribution in [0.25, 0.3) is 0 Å². The molecule has 0 heterocycles. The normalized spacial score (nSPS) is 14.2. The average molecular weight is 659 g/mol. The Hall–Kier alpha value is -3.57. The van der Waals surface area contributed by atoms with Gasteiger partial charge in [-0.15, -0.1) is 0 Å². The largest absolute Gasteiger partial charge is 0.497 e. The third-order valence-electron chi connectivity index (χ3n) is 7.39. The van der Waals surface area contributed by atoms with E-state index in [1.54, 1.807) is 43.3 Å². The molecule has 42 heavy (non-hydrogen) atoms. The Balaban J connectivity index is 1.72. The minimum atomic E-state index is -4.24. The summed E-state index contributed by atoms with van der Waals surface area (Å²) in [6, 6.07) is 19.2. The number of halogens is 1. The first-order valence-corrected chi connectivity index (χ1v) is 16.0. The lowest BCUT2D eigenvalue weighted by atomic mass is 10.1. The molecule has 224 valence electrons. The number of anilines is 1. The number of ether oxygens (including phenoxy) is 2. The van der Waals surface area contributed by atoms with Crippen LogP contribution in [0.2, 0.25) is 0 Å². The van der Waals surface area contributed by atoms with Crippen LogP contribution in [0.3, 0.4) is 0 Å². The molecule has 9 nitrogen and oxygen atoms in total. The second kappa shape index (κ2) is 14.1. The summed E-state index contributed by atoms with van der Waals surface area (Å²) in [5.41, 5.74) is 0.995. The van der Waals surface area contributed by atoms with E-state index in [4.69, 9.17) is 9.47 Å². The van der Waals surface area contributed by atoms with Crippen molar-refractivity contribution in [3.8, 4) is 11.5 Å². The van der Waals surface area contributed by atoms with Crippen LogP contribution in [0.1, 0.15) is 38.2 Å². The standard InChI is InChI=1S/C31H36BrN3O6S/c1-22(31(37)33-25-11-4-5-12-25)34(20-23-9-8-10-24(32)19-23)30(36)21-35(28-13-6-7-14-29(28)41-3)42(38,39)27-17-15-26(40-2)16-18-27/h6-10,13-19,22,25H,4-5,11-12,20-21H2,1-3H3,(H,33,37)/t22-/m1/s1. The van der Waals surface area contributed by atoms with E-state index in [0.29, 0.717) is 5.75 Å². The van der Waals surface area contributed by atoms with Crippen LogP contribution in [0.15, 0.2) is 82.2 Å². The smallest absolute Gasteiger partial charge is 0.264 e. The van der Waals surface area contributed by atoms with Gasteiger partial charge in [0.15, 0.2) is 0 Å².